The molecular weight excluding hydrogens is 286 g/mol. The van der Waals surface area contributed by atoms with Crippen LogP contribution in [-0.4, -0.2) is 48.7 Å². The Morgan fingerprint density at radius 2 is 2.09 bits per heavy atom. The molecule has 1 aliphatic heterocycles. The molecule has 0 aromatic heterocycles. The molecule has 1 heterocycles. The van der Waals surface area contributed by atoms with Gasteiger partial charge in [-0.05, 0) is 43.0 Å². The highest BCUT2D eigenvalue weighted by atomic mass is 16.5. The zero-order chi connectivity index (χ0) is 16.1. The van der Waals surface area contributed by atoms with Gasteiger partial charge in [-0.15, -0.1) is 0 Å². The molecule has 1 aromatic carbocycles. The number of nitrogens with zero attached hydrogens (tertiary/aromatic N) is 1. The number of rotatable bonds is 6. The average Bonchev–Trinajstić information content (AvgIpc) is 3.02. The van der Waals surface area contributed by atoms with Gasteiger partial charge in [-0.2, -0.15) is 0 Å². The number of likely N-dealkylation sites (tertiary alicyclic amines) is 1. The fraction of sp³-hybridized carbons (Fsp3) is 0.500. The Morgan fingerprint density at radius 3 is 2.73 bits per heavy atom. The van der Waals surface area contributed by atoms with Gasteiger partial charge in [0.15, 0.2) is 0 Å². The van der Waals surface area contributed by atoms with Crippen molar-refractivity contribution in [2.75, 3.05) is 20.8 Å². The molecule has 1 atom stereocenters. The minimum absolute atomic E-state index is 0.130. The summed E-state index contributed by atoms with van der Waals surface area (Å²) in [5.74, 6) is 0.345. The van der Waals surface area contributed by atoms with Crippen LogP contribution in [0.15, 0.2) is 18.2 Å². The van der Waals surface area contributed by atoms with Crippen molar-refractivity contribution in [3.8, 4) is 11.5 Å². The first-order valence-electron chi connectivity index (χ1n) is 7.30. The Hall–Kier alpha value is -2.24. The number of aryl methyl sites for hydroxylation is 1. The van der Waals surface area contributed by atoms with E-state index in [0.29, 0.717) is 30.9 Å². The Bertz CT molecular complexity index is 557. The zero-order valence-corrected chi connectivity index (χ0v) is 12.9. The third-order valence-electron chi connectivity index (χ3n) is 3.95. The summed E-state index contributed by atoms with van der Waals surface area (Å²) >= 11 is 0. The van der Waals surface area contributed by atoms with Gasteiger partial charge < -0.3 is 19.5 Å². The van der Waals surface area contributed by atoms with E-state index >= 15 is 0 Å². The Kier molecular flexibility index (Phi) is 5.25. The highest BCUT2D eigenvalue weighted by Crippen LogP contribution is 2.26. The summed E-state index contributed by atoms with van der Waals surface area (Å²) in [6.45, 7) is 0.519. The molecule has 22 heavy (non-hydrogen) atoms. The first-order chi connectivity index (χ1) is 10.6. The van der Waals surface area contributed by atoms with Crippen LogP contribution in [0.25, 0.3) is 0 Å². The number of carboxylic acid groups (broad SMARTS) is 1. The van der Waals surface area contributed by atoms with Gasteiger partial charge in [0.1, 0.15) is 17.5 Å². The van der Waals surface area contributed by atoms with E-state index in [1.165, 1.54) is 4.90 Å². The number of hydrogen-bond donors (Lipinski definition) is 1. The lowest BCUT2D eigenvalue weighted by Gasteiger charge is -2.21. The minimum Gasteiger partial charge on any atom is -0.497 e. The predicted molar refractivity (Wildman–Crippen MR) is 80.2 cm³/mol. The number of amides is 1. The van der Waals surface area contributed by atoms with Gasteiger partial charge in [0.25, 0.3) is 0 Å². The number of ether oxygens (including phenoxy) is 2. The van der Waals surface area contributed by atoms with E-state index in [2.05, 4.69) is 0 Å². The first-order valence-corrected chi connectivity index (χ1v) is 7.30. The summed E-state index contributed by atoms with van der Waals surface area (Å²) in [6, 6.07) is 4.75. The molecule has 6 heteroatoms. The third kappa shape index (κ3) is 3.50. The monoisotopic (exact) mass is 307 g/mol. The van der Waals surface area contributed by atoms with E-state index < -0.39 is 12.0 Å². The molecule has 1 aromatic rings. The molecule has 0 spiro atoms. The van der Waals surface area contributed by atoms with Crippen molar-refractivity contribution in [1.29, 1.82) is 0 Å². The van der Waals surface area contributed by atoms with Crippen LogP contribution < -0.4 is 9.47 Å². The number of carbonyl (C=O) groups excluding carboxylic acids is 1. The van der Waals surface area contributed by atoms with Crippen molar-refractivity contribution < 1.29 is 24.2 Å². The standard InChI is InChI=1S/C16H21NO5/c1-21-12-6-7-14(22-2)11(10-12)5-8-15(18)17-9-3-4-13(17)16(19)20/h6-7,10,13H,3-5,8-9H2,1-2H3,(H,19,20)/t13-/m1/s1. The van der Waals surface area contributed by atoms with Gasteiger partial charge in [0.05, 0.1) is 14.2 Å². The number of aliphatic carboxylic acids is 1. The van der Waals surface area contributed by atoms with Crippen molar-refractivity contribution in [2.24, 2.45) is 0 Å². The van der Waals surface area contributed by atoms with E-state index in [4.69, 9.17) is 14.6 Å². The van der Waals surface area contributed by atoms with Crippen LogP contribution in [0.4, 0.5) is 0 Å². The highest BCUT2D eigenvalue weighted by Gasteiger charge is 2.33. The molecule has 1 N–H and O–H groups in total. The summed E-state index contributed by atoms with van der Waals surface area (Å²) in [5.41, 5.74) is 0.876. The molecule has 0 aliphatic carbocycles. The summed E-state index contributed by atoms with van der Waals surface area (Å²) in [5, 5.41) is 9.14. The van der Waals surface area contributed by atoms with E-state index in [0.717, 1.165) is 12.0 Å². The molecule has 2 rings (SSSR count). The van der Waals surface area contributed by atoms with Crippen molar-refractivity contribution in [1.82, 2.24) is 4.90 Å². The van der Waals surface area contributed by atoms with E-state index in [1.54, 1.807) is 26.4 Å². The normalized spacial score (nSPS) is 17.4. The third-order valence-corrected chi connectivity index (χ3v) is 3.95. The molecule has 0 bridgehead atoms. The minimum atomic E-state index is -0.926. The number of carboxylic acids is 1. The van der Waals surface area contributed by atoms with Crippen LogP contribution in [0.5, 0.6) is 11.5 Å². The second kappa shape index (κ2) is 7.15. The van der Waals surface area contributed by atoms with Crippen LogP contribution >= 0.6 is 0 Å². The van der Waals surface area contributed by atoms with E-state index in [1.807, 2.05) is 6.07 Å². The lowest BCUT2D eigenvalue weighted by Crippen LogP contribution is -2.40. The summed E-state index contributed by atoms with van der Waals surface area (Å²) < 4.78 is 10.5. The van der Waals surface area contributed by atoms with Gasteiger partial charge in [0.2, 0.25) is 5.91 Å². The quantitative estimate of drug-likeness (QED) is 0.866. The van der Waals surface area contributed by atoms with Gasteiger partial charge in [-0.3, -0.25) is 4.79 Å². The number of methoxy groups -OCH3 is 2. The molecule has 0 unspecified atom stereocenters. The fourth-order valence-corrected chi connectivity index (χ4v) is 2.78. The predicted octanol–water partition coefficient (Wildman–Crippen LogP) is 1.71. The Labute approximate surface area is 129 Å². The van der Waals surface area contributed by atoms with Gasteiger partial charge in [-0.1, -0.05) is 0 Å². The number of hydrogen-bond acceptors (Lipinski definition) is 4. The molecule has 0 radical (unpaired) electrons. The van der Waals surface area contributed by atoms with Crippen LogP contribution in [0.2, 0.25) is 0 Å². The SMILES string of the molecule is COc1ccc(OC)c(CCC(=O)N2CCC[C@@H]2C(=O)O)c1. The lowest BCUT2D eigenvalue weighted by atomic mass is 10.1. The first kappa shape index (κ1) is 16.1. The van der Waals surface area contributed by atoms with Crippen molar-refractivity contribution in [3.63, 3.8) is 0 Å². The number of carbonyl (C=O) groups is 2. The van der Waals surface area contributed by atoms with E-state index in [9.17, 15) is 9.59 Å². The second-order valence-electron chi connectivity index (χ2n) is 5.26. The summed E-state index contributed by atoms with van der Waals surface area (Å²) in [7, 11) is 3.16. The molecule has 6 nitrogen and oxygen atoms in total. The fourth-order valence-electron chi connectivity index (χ4n) is 2.78. The zero-order valence-electron chi connectivity index (χ0n) is 12.9. The van der Waals surface area contributed by atoms with Crippen molar-refractivity contribution in [3.05, 3.63) is 23.8 Å². The van der Waals surface area contributed by atoms with Gasteiger partial charge in [0, 0.05) is 13.0 Å². The Morgan fingerprint density at radius 1 is 1.32 bits per heavy atom. The molecule has 120 valence electrons. The van der Waals surface area contributed by atoms with Crippen LogP contribution in [0.3, 0.4) is 0 Å². The highest BCUT2D eigenvalue weighted by molar-refractivity contribution is 5.84. The lowest BCUT2D eigenvalue weighted by molar-refractivity contribution is -0.148. The summed E-state index contributed by atoms with van der Waals surface area (Å²) in [4.78, 5) is 24.9. The maximum atomic E-state index is 12.3. The van der Waals surface area contributed by atoms with E-state index in [-0.39, 0.29) is 12.3 Å². The Balaban J connectivity index is 2.03. The van der Waals surface area contributed by atoms with Crippen molar-refractivity contribution in [2.45, 2.75) is 31.7 Å². The van der Waals surface area contributed by atoms with Crippen LogP contribution in [0.1, 0.15) is 24.8 Å². The second-order valence-corrected chi connectivity index (χ2v) is 5.26. The largest absolute Gasteiger partial charge is 0.497 e. The molecular formula is C16H21NO5. The molecule has 1 aliphatic rings. The van der Waals surface area contributed by atoms with Gasteiger partial charge >= 0.3 is 5.97 Å². The molecule has 1 saturated heterocycles. The van der Waals surface area contributed by atoms with Crippen molar-refractivity contribution >= 4 is 11.9 Å². The maximum absolute atomic E-state index is 12.3. The van der Waals surface area contributed by atoms with Gasteiger partial charge in [-0.25, -0.2) is 4.79 Å². The number of benzene rings is 1. The maximum Gasteiger partial charge on any atom is 0.326 e. The average molecular weight is 307 g/mol. The molecule has 1 fully saturated rings. The topological polar surface area (TPSA) is 76.1 Å². The van der Waals surface area contributed by atoms with Crippen LogP contribution in [0, 0.1) is 0 Å². The summed E-state index contributed by atoms with van der Waals surface area (Å²) in [6.07, 6.45) is 2.02. The van der Waals surface area contributed by atoms with Crippen LogP contribution in [-0.2, 0) is 16.0 Å². The molecule has 1 amide bonds. The smallest absolute Gasteiger partial charge is 0.326 e. The molecule has 0 saturated carbocycles.